The van der Waals surface area contributed by atoms with E-state index in [-0.39, 0.29) is 12.5 Å². The molecule has 2 unspecified atom stereocenters. The summed E-state index contributed by atoms with van der Waals surface area (Å²) in [4.78, 5) is 11.0. The number of sulfonamides is 1. The predicted octanol–water partition coefficient (Wildman–Crippen LogP) is 5.12. The van der Waals surface area contributed by atoms with E-state index in [1.54, 1.807) is 12.1 Å². The fraction of sp³-hybridized carbons (Fsp3) is 0.480. The molecule has 0 radical (unpaired) electrons. The van der Waals surface area contributed by atoms with Gasteiger partial charge in [0, 0.05) is 12.5 Å². The van der Waals surface area contributed by atoms with Crippen molar-refractivity contribution in [1.82, 2.24) is 4.72 Å². The fourth-order valence-electron chi connectivity index (χ4n) is 5.42. The maximum absolute atomic E-state index is 13.3. The Bertz CT molecular complexity index is 1050. The van der Waals surface area contributed by atoms with Crippen LogP contribution in [0.4, 0.5) is 0 Å². The summed E-state index contributed by atoms with van der Waals surface area (Å²) in [5, 5.41) is 10.7. The Morgan fingerprint density at radius 2 is 1.71 bits per heavy atom. The number of rotatable bonds is 9. The predicted molar refractivity (Wildman–Crippen MR) is 122 cm³/mol. The van der Waals surface area contributed by atoms with Gasteiger partial charge in [-0.15, -0.1) is 0 Å². The van der Waals surface area contributed by atoms with E-state index < -0.39 is 16.0 Å². The van der Waals surface area contributed by atoms with E-state index in [4.69, 9.17) is 5.11 Å². The van der Waals surface area contributed by atoms with Gasteiger partial charge in [-0.05, 0) is 85.6 Å². The minimum atomic E-state index is -3.59. The smallest absolute Gasteiger partial charge is 0.303 e. The Balaban J connectivity index is 1.47. The van der Waals surface area contributed by atoms with Gasteiger partial charge in [0.05, 0.1) is 4.90 Å². The van der Waals surface area contributed by atoms with E-state index in [1.165, 1.54) is 12.8 Å². The Kier molecular flexibility index (Phi) is 6.77. The summed E-state index contributed by atoms with van der Waals surface area (Å²) >= 11 is 0. The van der Waals surface area contributed by atoms with Gasteiger partial charge in [0.25, 0.3) is 0 Å². The third-order valence-electron chi connectivity index (χ3n) is 7.05. The van der Waals surface area contributed by atoms with Crippen molar-refractivity contribution in [1.29, 1.82) is 0 Å². The van der Waals surface area contributed by atoms with E-state index in [0.29, 0.717) is 29.1 Å². The lowest BCUT2D eigenvalue weighted by atomic mass is 9.61. The van der Waals surface area contributed by atoms with E-state index in [0.717, 1.165) is 36.5 Å². The van der Waals surface area contributed by atoms with E-state index in [9.17, 15) is 13.2 Å². The van der Waals surface area contributed by atoms with Crippen molar-refractivity contribution in [2.24, 2.45) is 17.8 Å². The van der Waals surface area contributed by atoms with Gasteiger partial charge in [0.15, 0.2) is 0 Å². The molecule has 3 fully saturated rings. The van der Waals surface area contributed by atoms with Gasteiger partial charge in [-0.1, -0.05) is 42.5 Å². The van der Waals surface area contributed by atoms with Crippen molar-refractivity contribution < 1.29 is 18.3 Å². The molecule has 0 aromatic heterocycles. The second-order valence-electron chi connectivity index (χ2n) is 8.99. The minimum Gasteiger partial charge on any atom is -0.481 e. The van der Waals surface area contributed by atoms with Gasteiger partial charge in [0.2, 0.25) is 10.0 Å². The van der Waals surface area contributed by atoms with Gasteiger partial charge < -0.3 is 5.11 Å². The quantitative estimate of drug-likeness (QED) is 0.418. The summed E-state index contributed by atoms with van der Waals surface area (Å²) in [6.07, 6.45) is 11.1. The zero-order valence-electron chi connectivity index (χ0n) is 17.7. The molecular formula is C25H31NO4S. The van der Waals surface area contributed by atoms with Gasteiger partial charge in [-0.3, -0.25) is 4.79 Å². The Morgan fingerprint density at radius 3 is 2.45 bits per heavy atom. The summed E-state index contributed by atoms with van der Waals surface area (Å²) in [6.45, 7) is 0. The molecule has 0 saturated heterocycles. The van der Waals surface area contributed by atoms with Crippen LogP contribution in [-0.4, -0.2) is 25.5 Å². The highest BCUT2D eigenvalue weighted by atomic mass is 32.2. The number of aliphatic carboxylic acids is 1. The second-order valence-corrected chi connectivity index (χ2v) is 10.7. The molecule has 2 aromatic carbocycles. The van der Waals surface area contributed by atoms with E-state index in [1.807, 2.05) is 30.3 Å². The van der Waals surface area contributed by atoms with Gasteiger partial charge in [-0.25, -0.2) is 13.1 Å². The molecule has 0 spiro atoms. The summed E-state index contributed by atoms with van der Waals surface area (Å²) in [6, 6.07) is 13.1. The number of carboxylic acids is 1. The average molecular weight is 442 g/mol. The van der Waals surface area contributed by atoms with Crippen molar-refractivity contribution in [2.45, 2.75) is 62.3 Å². The van der Waals surface area contributed by atoms with Crippen LogP contribution in [-0.2, 0) is 14.8 Å². The van der Waals surface area contributed by atoms with Crippen molar-refractivity contribution in [3.8, 4) is 0 Å². The molecule has 5 rings (SSSR count). The SMILES string of the molecule is O=C(O)CCCC=CCC1C2CCC(CC2)C1NS(=O)(=O)c1ccc2ccccc2c1. The first kappa shape index (κ1) is 22.0. The Hall–Kier alpha value is -2.18. The van der Waals surface area contributed by atoms with Crippen molar-refractivity contribution in [2.75, 3.05) is 0 Å². The molecule has 0 aliphatic heterocycles. The molecule has 166 valence electrons. The largest absolute Gasteiger partial charge is 0.481 e. The molecule has 3 saturated carbocycles. The van der Waals surface area contributed by atoms with Gasteiger partial charge in [-0.2, -0.15) is 0 Å². The molecule has 6 heteroatoms. The van der Waals surface area contributed by atoms with Gasteiger partial charge >= 0.3 is 5.97 Å². The normalized spacial score (nSPS) is 25.9. The van der Waals surface area contributed by atoms with Crippen LogP contribution in [0.5, 0.6) is 0 Å². The van der Waals surface area contributed by atoms with E-state index in [2.05, 4.69) is 16.9 Å². The number of hydrogen-bond acceptors (Lipinski definition) is 3. The number of benzene rings is 2. The highest BCUT2D eigenvalue weighted by Gasteiger charge is 2.44. The van der Waals surface area contributed by atoms with Crippen LogP contribution < -0.4 is 4.72 Å². The zero-order chi connectivity index (χ0) is 21.8. The molecule has 2 N–H and O–H groups in total. The summed E-state index contributed by atoms with van der Waals surface area (Å²) < 4.78 is 29.6. The maximum Gasteiger partial charge on any atom is 0.303 e. The average Bonchev–Trinajstić information content (AvgIpc) is 2.77. The molecule has 0 amide bonds. The Labute approximate surface area is 184 Å². The minimum absolute atomic E-state index is 0.0346. The molecule has 0 heterocycles. The van der Waals surface area contributed by atoms with Crippen LogP contribution in [0.3, 0.4) is 0 Å². The lowest BCUT2D eigenvalue weighted by Crippen LogP contribution is -2.53. The third kappa shape index (κ3) is 5.18. The molecule has 3 aliphatic rings. The molecule has 2 bridgehead atoms. The number of allylic oxidation sites excluding steroid dienone is 2. The highest BCUT2D eigenvalue weighted by molar-refractivity contribution is 7.89. The van der Waals surface area contributed by atoms with Crippen LogP contribution in [0, 0.1) is 17.8 Å². The molecule has 2 atom stereocenters. The number of hydrogen-bond donors (Lipinski definition) is 2. The molecule has 5 nitrogen and oxygen atoms in total. The van der Waals surface area contributed by atoms with Gasteiger partial charge in [0.1, 0.15) is 0 Å². The number of carbonyl (C=O) groups is 1. The molecule has 31 heavy (non-hydrogen) atoms. The number of nitrogens with one attached hydrogen (secondary N) is 1. The number of unbranched alkanes of at least 4 members (excludes halogenated alkanes) is 1. The number of carboxylic acid groups (broad SMARTS) is 1. The van der Waals surface area contributed by atoms with Crippen molar-refractivity contribution in [3.05, 3.63) is 54.6 Å². The lowest BCUT2D eigenvalue weighted by molar-refractivity contribution is -0.137. The first-order valence-corrected chi connectivity index (χ1v) is 12.8. The van der Waals surface area contributed by atoms with E-state index >= 15 is 0 Å². The topological polar surface area (TPSA) is 83.5 Å². The van der Waals surface area contributed by atoms with Crippen LogP contribution in [0.25, 0.3) is 10.8 Å². The maximum atomic E-state index is 13.3. The zero-order valence-corrected chi connectivity index (χ0v) is 18.6. The highest BCUT2D eigenvalue weighted by Crippen LogP contribution is 2.47. The van der Waals surface area contributed by atoms with Crippen molar-refractivity contribution in [3.63, 3.8) is 0 Å². The van der Waals surface area contributed by atoms with Crippen molar-refractivity contribution >= 4 is 26.8 Å². The number of fused-ring (bicyclic) bond motifs is 4. The van der Waals surface area contributed by atoms with Crippen LogP contribution in [0.15, 0.2) is 59.5 Å². The van der Waals surface area contributed by atoms with Crippen LogP contribution >= 0.6 is 0 Å². The van der Waals surface area contributed by atoms with Crippen LogP contribution in [0.2, 0.25) is 0 Å². The molecule has 2 aromatic rings. The molecular weight excluding hydrogens is 410 g/mol. The standard InChI is InChI=1S/C25H31NO4S/c27-24(28)10-4-2-1-3-9-23-19-11-13-20(14-12-19)25(23)26-31(29,30)22-16-15-18-7-5-6-8-21(18)17-22/h1,3,5-8,15-17,19-20,23,25-26H,2,4,9-14H2,(H,27,28). The summed E-state index contributed by atoms with van der Waals surface area (Å²) in [5.41, 5.74) is 0. The summed E-state index contributed by atoms with van der Waals surface area (Å²) in [7, 11) is -3.59. The lowest BCUT2D eigenvalue weighted by Gasteiger charge is -2.48. The second kappa shape index (κ2) is 9.53. The molecule has 3 aliphatic carbocycles. The first-order valence-electron chi connectivity index (χ1n) is 11.3. The Morgan fingerprint density at radius 1 is 1.00 bits per heavy atom. The first-order chi connectivity index (χ1) is 14.9. The fourth-order valence-corrected chi connectivity index (χ4v) is 6.81. The third-order valence-corrected chi connectivity index (χ3v) is 8.51. The summed E-state index contributed by atoms with van der Waals surface area (Å²) in [5.74, 6) is 0.489. The van der Waals surface area contributed by atoms with Crippen LogP contribution in [0.1, 0.15) is 51.4 Å². The monoisotopic (exact) mass is 441 g/mol.